The van der Waals surface area contributed by atoms with Crippen molar-refractivity contribution >= 4 is 77.0 Å². The van der Waals surface area contributed by atoms with E-state index in [4.69, 9.17) is 28.0 Å². The quantitative estimate of drug-likeness (QED) is 0.0162. The molecular formula is C42H74N14O15. The molecule has 0 rings (SSSR count). The van der Waals surface area contributed by atoms with E-state index in [0.29, 0.717) is 0 Å². The highest BCUT2D eigenvalue weighted by Crippen LogP contribution is 2.12. The standard InChI is InChI=1S/C42H74N14O15/c1-19(2)13-25(36(65)49-22(7)34(63)55-28(18-57)39(68)51-24(41(70)71)10-11-32(61)62)52-37(66)26(14-20(3)4)54-40(69)33(21(5)6)56-38(67)27(15-29(44)58)53-35(64)23(9-8-12-47-42(45)46)50-31(60)17-48-30(59)16-43/h19-28,33,57H,8-18,43H2,1-7H3,(H2,44,58)(H,48,59)(H,49,65)(H,50,60)(H,51,68)(H,52,66)(H,53,64)(H,54,69)(H,55,63)(H,56,67)(H,61,62)(H,70,71)(H4,45,46,47)/t22-,23-,24-,25-,26-,27-,28-,33-/m0/s1. The topological polar surface area (TPSA) is 490 Å². The smallest absolute Gasteiger partial charge is 0.326 e. The maximum absolute atomic E-state index is 13.9. The number of guanidine groups is 1. The van der Waals surface area contributed by atoms with Crippen LogP contribution in [0.4, 0.5) is 0 Å². The maximum Gasteiger partial charge on any atom is 0.326 e. The lowest BCUT2D eigenvalue weighted by molar-refractivity contribution is -0.143. The van der Waals surface area contributed by atoms with E-state index in [-0.39, 0.29) is 50.0 Å². The van der Waals surface area contributed by atoms with Crippen LogP contribution in [0.2, 0.25) is 0 Å². The summed E-state index contributed by atoms with van der Waals surface area (Å²) in [4.78, 5) is 157. The predicted molar refractivity (Wildman–Crippen MR) is 252 cm³/mol. The minimum atomic E-state index is -1.71. The van der Waals surface area contributed by atoms with Crippen molar-refractivity contribution in [3.05, 3.63) is 0 Å². The number of carboxylic acids is 2. The van der Waals surface area contributed by atoms with Crippen LogP contribution in [0.5, 0.6) is 0 Å². The first kappa shape index (κ1) is 63.8. The Bertz CT molecular complexity index is 1910. The highest BCUT2D eigenvalue weighted by Gasteiger charge is 2.36. The number of nitrogens with two attached hydrogens (primary N) is 4. The highest BCUT2D eigenvalue weighted by molar-refractivity contribution is 5.99. The number of carbonyl (C=O) groups excluding carboxylic acids is 10. The van der Waals surface area contributed by atoms with Gasteiger partial charge in [-0.05, 0) is 56.8 Å². The van der Waals surface area contributed by atoms with Gasteiger partial charge in [0.1, 0.15) is 48.3 Å². The summed E-state index contributed by atoms with van der Waals surface area (Å²) in [6.45, 7) is 9.37. The largest absolute Gasteiger partial charge is 0.481 e. The van der Waals surface area contributed by atoms with Gasteiger partial charge in [-0.2, -0.15) is 0 Å². The molecule has 0 unspecified atom stereocenters. The highest BCUT2D eigenvalue weighted by atomic mass is 16.4. The first-order chi connectivity index (χ1) is 33.0. The molecule has 0 aromatic carbocycles. The molecule has 0 aliphatic carbocycles. The average Bonchev–Trinajstić information content (AvgIpc) is 3.26. The van der Waals surface area contributed by atoms with Gasteiger partial charge in [0.2, 0.25) is 59.1 Å². The Balaban J connectivity index is 6.30. The summed E-state index contributed by atoms with van der Waals surface area (Å²) in [7, 11) is 0. The number of hydrogen-bond donors (Lipinski definition) is 16. The Morgan fingerprint density at radius 1 is 0.535 bits per heavy atom. The van der Waals surface area contributed by atoms with Gasteiger partial charge in [-0.15, -0.1) is 0 Å². The van der Waals surface area contributed by atoms with Crippen molar-refractivity contribution in [3.8, 4) is 0 Å². The molecule has 8 atom stereocenters. The van der Waals surface area contributed by atoms with Crippen LogP contribution in [0, 0.1) is 17.8 Å². The number of primary amides is 1. The van der Waals surface area contributed by atoms with Gasteiger partial charge >= 0.3 is 11.9 Å². The number of amides is 10. The summed E-state index contributed by atoms with van der Waals surface area (Å²) >= 11 is 0. The third-order valence-electron chi connectivity index (χ3n) is 10.0. The predicted octanol–water partition coefficient (Wildman–Crippen LogP) is -6.42. The second-order valence-electron chi connectivity index (χ2n) is 17.7. The fraction of sp³-hybridized carbons (Fsp3) is 0.690. The molecule has 0 aliphatic rings. The lowest BCUT2D eigenvalue weighted by Gasteiger charge is -2.29. The number of aliphatic hydroxyl groups excluding tert-OH is 1. The van der Waals surface area contributed by atoms with E-state index in [1.54, 1.807) is 41.5 Å². The monoisotopic (exact) mass is 1010 g/mol. The van der Waals surface area contributed by atoms with E-state index in [2.05, 4.69) is 47.5 Å². The fourth-order valence-electron chi connectivity index (χ4n) is 6.35. The van der Waals surface area contributed by atoms with Gasteiger partial charge in [-0.25, -0.2) is 4.79 Å². The molecule has 0 spiro atoms. The van der Waals surface area contributed by atoms with Crippen molar-refractivity contribution < 1.29 is 72.9 Å². The Kier molecular flexibility index (Phi) is 29.3. The number of carboxylic acid groups (broad SMARTS) is 2. The average molecular weight is 1020 g/mol. The molecule has 29 nitrogen and oxygen atoms in total. The first-order valence-corrected chi connectivity index (χ1v) is 22.8. The fourth-order valence-corrected chi connectivity index (χ4v) is 6.35. The number of aliphatic imine (C=N–C) groups is 1. The first-order valence-electron chi connectivity index (χ1n) is 22.8. The van der Waals surface area contributed by atoms with Crippen LogP contribution in [-0.4, -0.2) is 167 Å². The molecule has 0 aromatic rings. The number of nitrogens with zero attached hydrogens (tertiary/aromatic N) is 1. The summed E-state index contributed by atoms with van der Waals surface area (Å²) in [6.07, 6.45) is -1.76. The molecule has 0 aromatic heterocycles. The third kappa shape index (κ3) is 26.4. The van der Waals surface area contributed by atoms with Crippen LogP contribution in [-0.2, 0) is 57.5 Å². The number of aliphatic carboxylic acids is 2. The molecule has 402 valence electrons. The van der Waals surface area contributed by atoms with E-state index < -0.39 is 164 Å². The molecule has 0 heterocycles. The molecule has 0 saturated carbocycles. The summed E-state index contributed by atoms with van der Waals surface area (Å²) in [5.74, 6) is -13.5. The van der Waals surface area contributed by atoms with Crippen molar-refractivity contribution in [2.45, 2.75) is 142 Å². The van der Waals surface area contributed by atoms with Gasteiger partial charge in [-0.1, -0.05) is 41.5 Å². The zero-order valence-electron chi connectivity index (χ0n) is 41.1. The molecular weight excluding hydrogens is 941 g/mol. The van der Waals surface area contributed by atoms with Gasteiger partial charge in [0.15, 0.2) is 5.96 Å². The van der Waals surface area contributed by atoms with Gasteiger partial charge in [0.25, 0.3) is 0 Å². The Labute approximate surface area is 410 Å². The molecule has 29 heteroatoms. The molecule has 10 amide bonds. The van der Waals surface area contributed by atoms with Gasteiger partial charge < -0.3 is 86.1 Å². The molecule has 0 aliphatic heterocycles. The molecule has 0 saturated heterocycles. The normalized spacial score (nSPS) is 14.4. The van der Waals surface area contributed by atoms with Crippen molar-refractivity contribution in [1.29, 1.82) is 0 Å². The number of aliphatic hydroxyl groups is 1. The number of nitrogens with one attached hydrogen (secondary N) is 9. The van der Waals surface area contributed by atoms with E-state index in [1.165, 1.54) is 6.92 Å². The van der Waals surface area contributed by atoms with E-state index in [1.807, 2.05) is 5.32 Å². The second kappa shape index (κ2) is 32.6. The van der Waals surface area contributed by atoms with Crippen molar-refractivity contribution in [3.63, 3.8) is 0 Å². The van der Waals surface area contributed by atoms with E-state index in [0.717, 1.165) is 0 Å². The van der Waals surface area contributed by atoms with E-state index >= 15 is 0 Å². The van der Waals surface area contributed by atoms with Crippen LogP contribution < -0.4 is 70.8 Å². The number of rotatable bonds is 34. The minimum Gasteiger partial charge on any atom is -0.481 e. The Morgan fingerprint density at radius 3 is 1.49 bits per heavy atom. The van der Waals surface area contributed by atoms with Crippen molar-refractivity contribution in [2.24, 2.45) is 45.7 Å². The number of hydrogen-bond acceptors (Lipinski definition) is 15. The zero-order chi connectivity index (χ0) is 54.7. The molecule has 0 fully saturated rings. The van der Waals surface area contributed by atoms with Crippen LogP contribution in [0.25, 0.3) is 0 Å². The van der Waals surface area contributed by atoms with E-state index in [9.17, 15) is 67.7 Å². The summed E-state index contributed by atoms with van der Waals surface area (Å²) < 4.78 is 0. The van der Waals surface area contributed by atoms with Crippen LogP contribution in [0.1, 0.15) is 93.4 Å². The zero-order valence-corrected chi connectivity index (χ0v) is 41.1. The Morgan fingerprint density at radius 2 is 1.01 bits per heavy atom. The lowest BCUT2D eigenvalue weighted by atomic mass is 9.98. The van der Waals surface area contributed by atoms with Gasteiger partial charge in [0.05, 0.1) is 26.1 Å². The van der Waals surface area contributed by atoms with Crippen LogP contribution in [0.3, 0.4) is 0 Å². The maximum atomic E-state index is 13.9. The minimum absolute atomic E-state index is 0.0152. The summed E-state index contributed by atoms with van der Waals surface area (Å²) in [6, 6.07) is -11.8. The molecule has 0 radical (unpaired) electrons. The molecule has 0 bridgehead atoms. The van der Waals surface area contributed by atoms with Gasteiger partial charge in [-0.3, -0.25) is 57.7 Å². The molecule has 71 heavy (non-hydrogen) atoms. The SMILES string of the molecule is CC(C)C[C@H](NC(=O)[C@H](CC(C)C)NC(=O)[C@@H](NC(=O)[C@H](CC(N)=O)NC(=O)[C@H](CCCN=C(N)N)NC(=O)CNC(=O)CN)C(C)C)C(=O)N[C@@H](C)C(=O)N[C@@H](CO)C(=O)N[C@@H](CCC(=O)O)C(=O)O. The second-order valence-corrected chi connectivity index (χ2v) is 17.7. The summed E-state index contributed by atoms with van der Waals surface area (Å²) in [5.41, 5.74) is 21.4. The molecule has 20 N–H and O–H groups in total. The third-order valence-corrected chi connectivity index (χ3v) is 10.0. The van der Waals surface area contributed by atoms with Crippen molar-refractivity contribution in [1.82, 2.24) is 47.9 Å². The van der Waals surface area contributed by atoms with Crippen LogP contribution in [0.15, 0.2) is 4.99 Å². The van der Waals surface area contributed by atoms with Crippen molar-refractivity contribution in [2.75, 3.05) is 26.2 Å². The van der Waals surface area contributed by atoms with Crippen LogP contribution >= 0.6 is 0 Å². The Hall–Kier alpha value is -7.17. The lowest BCUT2D eigenvalue weighted by Crippen LogP contribution is -2.61. The number of carbonyl (C=O) groups is 12. The summed E-state index contributed by atoms with van der Waals surface area (Å²) in [5, 5.41) is 49.4. The van der Waals surface area contributed by atoms with Gasteiger partial charge in [0, 0.05) is 13.0 Å².